The van der Waals surface area contributed by atoms with Crippen molar-refractivity contribution in [3.05, 3.63) is 46.5 Å². The van der Waals surface area contributed by atoms with Gasteiger partial charge in [-0.25, -0.2) is 4.98 Å². The molecule has 0 aliphatic carbocycles. The molecule has 0 bridgehead atoms. The highest BCUT2D eigenvalue weighted by molar-refractivity contribution is 6.29. The normalized spacial score (nSPS) is 10.6. The molecule has 4 heteroatoms. The van der Waals surface area contributed by atoms with Crippen LogP contribution in [0.5, 0.6) is 0 Å². The van der Waals surface area contributed by atoms with Crippen LogP contribution in [-0.4, -0.2) is 9.55 Å². The number of para-hydroxylation sites is 1. The van der Waals surface area contributed by atoms with E-state index in [-0.39, 0.29) is 0 Å². The SMILES string of the molecule is Cc1cccc(C)c1NCc1ncc(Cl)n1C. The van der Waals surface area contributed by atoms with E-state index >= 15 is 0 Å². The third-order valence-electron chi connectivity index (χ3n) is 2.93. The summed E-state index contributed by atoms with van der Waals surface area (Å²) in [5.41, 5.74) is 3.65. The number of hydrogen-bond donors (Lipinski definition) is 1. The first-order valence-corrected chi connectivity index (χ1v) is 5.93. The zero-order valence-corrected chi connectivity index (χ0v) is 11.0. The maximum Gasteiger partial charge on any atom is 0.128 e. The molecule has 0 radical (unpaired) electrons. The van der Waals surface area contributed by atoms with E-state index in [0.717, 1.165) is 5.82 Å². The molecule has 0 atom stereocenters. The average molecular weight is 250 g/mol. The van der Waals surface area contributed by atoms with Gasteiger partial charge in [-0.2, -0.15) is 0 Å². The molecule has 0 aliphatic heterocycles. The smallest absolute Gasteiger partial charge is 0.128 e. The second-order valence-electron chi connectivity index (χ2n) is 4.18. The molecule has 90 valence electrons. The van der Waals surface area contributed by atoms with Crippen LogP contribution in [0.3, 0.4) is 0 Å². The third kappa shape index (κ3) is 2.44. The third-order valence-corrected chi connectivity index (χ3v) is 3.28. The molecule has 0 unspecified atom stereocenters. The molecular formula is C13H16ClN3. The molecule has 1 heterocycles. The van der Waals surface area contributed by atoms with Crippen molar-refractivity contribution < 1.29 is 0 Å². The second-order valence-corrected chi connectivity index (χ2v) is 4.56. The first-order valence-electron chi connectivity index (χ1n) is 5.56. The molecule has 0 amide bonds. The lowest BCUT2D eigenvalue weighted by atomic mass is 10.1. The highest BCUT2D eigenvalue weighted by atomic mass is 35.5. The molecule has 1 N–H and O–H groups in total. The number of imidazole rings is 1. The van der Waals surface area contributed by atoms with Gasteiger partial charge in [0.2, 0.25) is 0 Å². The molecule has 17 heavy (non-hydrogen) atoms. The number of rotatable bonds is 3. The molecular weight excluding hydrogens is 234 g/mol. The van der Waals surface area contributed by atoms with Crippen molar-refractivity contribution in [2.45, 2.75) is 20.4 Å². The monoisotopic (exact) mass is 249 g/mol. The average Bonchev–Trinajstić information content (AvgIpc) is 2.60. The van der Waals surface area contributed by atoms with Crippen molar-refractivity contribution >= 4 is 17.3 Å². The van der Waals surface area contributed by atoms with Gasteiger partial charge >= 0.3 is 0 Å². The minimum absolute atomic E-state index is 0.656. The minimum atomic E-state index is 0.656. The Labute approximate surface area is 106 Å². The van der Waals surface area contributed by atoms with E-state index in [4.69, 9.17) is 11.6 Å². The van der Waals surface area contributed by atoms with Crippen LogP contribution in [0.25, 0.3) is 0 Å². The van der Waals surface area contributed by atoms with E-state index < -0.39 is 0 Å². The lowest BCUT2D eigenvalue weighted by Crippen LogP contribution is -2.07. The summed E-state index contributed by atoms with van der Waals surface area (Å²) in [7, 11) is 1.91. The lowest BCUT2D eigenvalue weighted by molar-refractivity contribution is 0.812. The van der Waals surface area contributed by atoms with E-state index in [0.29, 0.717) is 11.7 Å². The summed E-state index contributed by atoms with van der Waals surface area (Å²) in [5.74, 6) is 0.928. The number of aryl methyl sites for hydroxylation is 2. The highest BCUT2D eigenvalue weighted by Gasteiger charge is 2.06. The highest BCUT2D eigenvalue weighted by Crippen LogP contribution is 2.20. The van der Waals surface area contributed by atoms with Crippen LogP contribution in [0, 0.1) is 13.8 Å². The van der Waals surface area contributed by atoms with Gasteiger partial charge in [-0.3, -0.25) is 0 Å². The zero-order valence-electron chi connectivity index (χ0n) is 10.3. The Morgan fingerprint density at radius 3 is 2.47 bits per heavy atom. The lowest BCUT2D eigenvalue weighted by Gasteiger charge is -2.12. The molecule has 2 rings (SSSR count). The van der Waals surface area contributed by atoms with Gasteiger partial charge in [-0.1, -0.05) is 29.8 Å². The Morgan fingerprint density at radius 1 is 1.29 bits per heavy atom. The van der Waals surface area contributed by atoms with Gasteiger partial charge in [0, 0.05) is 12.7 Å². The van der Waals surface area contributed by atoms with Gasteiger partial charge in [0.15, 0.2) is 0 Å². The number of nitrogens with zero attached hydrogens (tertiary/aromatic N) is 2. The minimum Gasteiger partial charge on any atom is -0.377 e. The van der Waals surface area contributed by atoms with Gasteiger partial charge in [-0.05, 0) is 25.0 Å². The van der Waals surface area contributed by atoms with Crippen molar-refractivity contribution in [3.63, 3.8) is 0 Å². The fraction of sp³-hybridized carbons (Fsp3) is 0.308. The summed E-state index contributed by atoms with van der Waals surface area (Å²) in [6.07, 6.45) is 1.67. The van der Waals surface area contributed by atoms with Gasteiger partial charge in [0.25, 0.3) is 0 Å². The van der Waals surface area contributed by atoms with Gasteiger partial charge in [-0.15, -0.1) is 0 Å². The van der Waals surface area contributed by atoms with E-state index in [1.807, 2.05) is 11.6 Å². The molecule has 0 aliphatic rings. The van der Waals surface area contributed by atoms with Crippen LogP contribution in [0.4, 0.5) is 5.69 Å². The van der Waals surface area contributed by atoms with Crippen LogP contribution in [0.2, 0.25) is 5.15 Å². The van der Waals surface area contributed by atoms with Crippen LogP contribution < -0.4 is 5.32 Å². The summed E-state index contributed by atoms with van der Waals surface area (Å²) in [6, 6.07) is 6.26. The van der Waals surface area contributed by atoms with Crippen molar-refractivity contribution in [1.82, 2.24) is 9.55 Å². The quantitative estimate of drug-likeness (QED) is 0.905. The summed E-state index contributed by atoms with van der Waals surface area (Å²) in [6.45, 7) is 4.87. The fourth-order valence-corrected chi connectivity index (χ4v) is 2.00. The van der Waals surface area contributed by atoms with E-state index in [2.05, 4.69) is 42.3 Å². The Hall–Kier alpha value is -1.48. The predicted molar refractivity (Wildman–Crippen MR) is 71.5 cm³/mol. The largest absolute Gasteiger partial charge is 0.377 e. The number of aromatic nitrogens is 2. The Kier molecular flexibility index (Phi) is 3.38. The number of benzene rings is 1. The van der Waals surface area contributed by atoms with E-state index in [1.54, 1.807) is 6.20 Å². The topological polar surface area (TPSA) is 29.9 Å². The van der Waals surface area contributed by atoms with E-state index in [1.165, 1.54) is 16.8 Å². The molecule has 0 spiro atoms. The van der Waals surface area contributed by atoms with Crippen LogP contribution in [0.1, 0.15) is 17.0 Å². The molecule has 0 saturated carbocycles. The van der Waals surface area contributed by atoms with Crippen LogP contribution in [-0.2, 0) is 13.6 Å². The van der Waals surface area contributed by atoms with Crippen LogP contribution >= 0.6 is 11.6 Å². The number of anilines is 1. The maximum absolute atomic E-state index is 5.95. The van der Waals surface area contributed by atoms with Crippen molar-refractivity contribution in [1.29, 1.82) is 0 Å². The van der Waals surface area contributed by atoms with Crippen molar-refractivity contribution in [2.75, 3.05) is 5.32 Å². The predicted octanol–water partition coefficient (Wildman–Crippen LogP) is 3.30. The number of nitrogens with one attached hydrogen (secondary N) is 1. The molecule has 2 aromatic rings. The summed E-state index contributed by atoms with van der Waals surface area (Å²) in [4.78, 5) is 4.26. The summed E-state index contributed by atoms with van der Waals surface area (Å²) in [5, 5.41) is 4.07. The Balaban J connectivity index is 2.15. The maximum atomic E-state index is 5.95. The Bertz CT molecular complexity index is 511. The summed E-state index contributed by atoms with van der Waals surface area (Å²) >= 11 is 5.95. The van der Waals surface area contributed by atoms with Gasteiger partial charge < -0.3 is 9.88 Å². The first-order chi connectivity index (χ1) is 8.09. The molecule has 0 fully saturated rings. The molecule has 0 saturated heterocycles. The van der Waals surface area contributed by atoms with Crippen LogP contribution in [0.15, 0.2) is 24.4 Å². The second kappa shape index (κ2) is 4.80. The van der Waals surface area contributed by atoms with Gasteiger partial charge in [0.1, 0.15) is 11.0 Å². The van der Waals surface area contributed by atoms with E-state index in [9.17, 15) is 0 Å². The summed E-state index contributed by atoms with van der Waals surface area (Å²) < 4.78 is 1.88. The first kappa shape index (κ1) is 12.0. The number of hydrogen-bond acceptors (Lipinski definition) is 2. The fourth-order valence-electron chi connectivity index (χ4n) is 1.85. The number of halogens is 1. The zero-order chi connectivity index (χ0) is 12.4. The molecule has 1 aromatic carbocycles. The van der Waals surface area contributed by atoms with Crippen molar-refractivity contribution in [2.24, 2.45) is 7.05 Å². The Morgan fingerprint density at radius 2 is 1.94 bits per heavy atom. The molecule has 3 nitrogen and oxygen atoms in total. The van der Waals surface area contributed by atoms with Gasteiger partial charge in [0.05, 0.1) is 12.7 Å². The van der Waals surface area contributed by atoms with Crippen molar-refractivity contribution in [3.8, 4) is 0 Å². The standard InChI is InChI=1S/C13H16ClN3/c1-9-5-4-6-10(2)13(9)16-8-12-15-7-11(14)17(12)3/h4-7,16H,8H2,1-3H3. The molecule has 1 aromatic heterocycles.